The van der Waals surface area contributed by atoms with Crippen LogP contribution in [0.5, 0.6) is 0 Å². The highest BCUT2D eigenvalue weighted by Gasteiger charge is 2.20. The van der Waals surface area contributed by atoms with E-state index in [1.54, 1.807) is 16.5 Å². The zero-order valence-electron chi connectivity index (χ0n) is 10.5. The molecule has 0 aliphatic rings. The first-order chi connectivity index (χ1) is 9.04. The molecule has 0 aliphatic heterocycles. The highest BCUT2D eigenvalue weighted by Crippen LogP contribution is 2.19. The second kappa shape index (κ2) is 5.31. The normalized spacial score (nSPS) is 12.3. The number of carbonyl (C=O) groups is 2. The Morgan fingerprint density at radius 2 is 2.21 bits per heavy atom. The van der Waals surface area contributed by atoms with Crippen LogP contribution < -0.4 is 5.32 Å². The highest BCUT2D eigenvalue weighted by atomic mass is 32.2. The van der Waals surface area contributed by atoms with Crippen LogP contribution in [0, 0.1) is 0 Å². The largest absolute Gasteiger partial charge is 0.480 e. The summed E-state index contributed by atoms with van der Waals surface area (Å²) in [5, 5.41) is 11.9. The molecule has 0 radical (unpaired) electrons. The Morgan fingerprint density at radius 3 is 2.84 bits per heavy atom. The van der Waals surface area contributed by atoms with Crippen molar-refractivity contribution in [1.29, 1.82) is 0 Å². The van der Waals surface area contributed by atoms with Crippen LogP contribution >= 0.6 is 11.8 Å². The predicted octanol–water partition coefficient (Wildman–Crippen LogP) is 1.26. The monoisotopic (exact) mass is 279 g/mol. The van der Waals surface area contributed by atoms with Gasteiger partial charge in [-0.1, -0.05) is 17.8 Å². The van der Waals surface area contributed by atoms with E-state index in [0.717, 1.165) is 0 Å². The molecule has 2 rings (SSSR count). The number of fused-ring (bicyclic) bond motifs is 1. The zero-order valence-corrected chi connectivity index (χ0v) is 11.3. The Bertz CT molecular complexity index is 638. The molecule has 1 unspecified atom stereocenters. The molecule has 0 bridgehead atoms. The summed E-state index contributed by atoms with van der Waals surface area (Å²) >= 11 is 1.42. The van der Waals surface area contributed by atoms with Crippen molar-refractivity contribution in [3.63, 3.8) is 0 Å². The lowest BCUT2D eigenvalue weighted by molar-refractivity contribution is -0.138. The van der Waals surface area contributed by atoms with E-state index in [9.17, 15) is 9.59 Å². The van der Waals surface area contributed by atoms with Crippen LogP contribution in [0.25, 0.3) is 5.52 Å². The van der Waals surface area contributed by atoms with Gasteiger partial charge in [0.25, 0.3) is 5.91 Å². The molecule has 0 spiro atoms. The number of carbonyl (C=O) groups excluding carboxylic acids is 1. The fraction of sp³-hybridized carbons (Fsp3) is 0.250. The number of nitrogens with one attached hydrogen (secondary N) is 1. The van der Waals surface area contributed by atoms with Gasteiger partial charge < -0.3 is 10.4 Å². The summed E-state index contributed by atoms with van der Waals surface area (Å²) in [6.45, 7) is 1.41. The van der Waals surface area contributed by atoms with Gasteiger partial charge in [0.1, 0.15) is 6.04 Å². The number of thioether (sulfide) groups is 1. The summed E-state index contributed by atoms with van der Waals surface area (Å²) in [6, 6.07) is 4.47. The molecule has 19 heavy (non-hydrogen) atoms. The number of amides is 1. The van der Waals surface area contributed by atoms with Gasteiger partial charge in [0.2, 0.25) is 0 Å². The number of nitrogens with zero attached hydrogens (tertiary/aromatic N) is 2. The molecule has 2 aromatic rings. The Hall–Kier alpha value is -2.02. The van der Waals surface area contributed by atoms with Crippen molar-refractivity contribution >= 4 is 29.2 Å². The smallest absolute Gasteiger partial charge is 0.325 e. The third-order valence-electron chi connectivity index (χ3n) is 2.63. The third kappa shape index (κ3) is 2.55. The number of carboxylic acids is 1. The maximum absolute atomic E-state index is 12.0. The molecule has 2 N–H and O–H groups in total. The Labute approximate surface area is 113 Å². The molecular formula is C12H13N3O3S. The molecule has 0 saturated heterocycles. The first-order valence-electron chi connectivity index (χ1n) is 5.59. The van der Waals surface area contributed by atoms with E-state index in [2.05, 4.69) is 10.3 Å². The van der Waals surface area contributed by atoms with E-state index >= 15 is 0 Å². The van der Waals surface area contributed by atoms with Gasteiger partial charge in [-0.25, -0.2) is 4.98 Å². The first-order valence-corrected chi connectivity index (χ1v) is 6.81. The molecule has 2 aromatic heterocycles. The van der Waals surface area contributed by atoms with Gasteiger partial charge in [-0.2, -0.15) is 0 Å². The second-order valence-electron chi connectivity index (χ2n) is 3.94. The van der Waals surface area contributed by atoms with Gasteiger partial charge in [0, 0.05) is 6.20 Å². The number of aromatic nitrogens is 2. The minimum absolute atomic E-state index is 0.234. The summed E-state index contributed by atoms with van der Waals surface area (Å²) in [4.78, 5) is 27.0. The quantitative estimate of drug-likeness (QED) is 0.823. The second-order valence-corrected chi connectivity index (χ2v) is 4.71. The molecule has 2 heterocycles. The van der Waals surface area contributed by atoms with Crippen molar-refractivity contribution in [2.75, 3.05) is 6.26 Å². The van der Waals surface area contributed by atoms with Crippen molar-refractivity contribution in [2.45, 2.75) is 18.1 Å². The van der Waals surface area contributed by atoms with Gasteiger partial charge in [0.15, 0.2) is 10.9 Å². The van der Waals surface area contributed by atoms with Gasteiger partial charge in [-0.05, 0) is 25.3 Å². The van der Waals surface area contributed by atoms with E-state index in [1.165, 1.54) is 18.7 Å². The van der Waals surface area contributed by atoms with Crippen LogP contribution in [0.1, 0.15) is 17.4 Å². The first kappa shape index (κ1) is 13.4. The lowest BCUT2D eigenvalue weighted by Gasteiger charge is -2.07. The topological polar surface area (TPSA) is 83.7 Å². The number of aliphatic carboxylic acids is 1. The van der Waals surface area contributed by atoms with Crippen LogP contribution in [-0.2, 0) is 4.79 Å². The molecule has 6 nitrogen and oxygen atoms in total. The van der Waals surface area contributed by atoms with Gasteiger partial charge >= 0.3 is 5.97 Å². The van der Waals surface area contributed by atoms with Crippen LogP contribution in [0.2, 0.25) is 0 Å². The lowest BCUT2D eigenvalue weighted by Crippen LogP contribution is -2.38. The van der Waals surface area contributed by atoms with Crippen LogP contribution in [-0.4, -0.2) is 38.7 Å². The molecule has 100 valence electrons. The molecule has 0 aromatic carbocycles. The van der Waals surface area contributed by atoms with E-state index in [4.69, 9.17) is 5.11 Å². The SMILES string of the molecule is CSc1nc(C(=O)NC(C)C(=O)O)c2ccccn12. The standard InChI is InChI=1S/C12H13N3O3S/c1-7(11(17)18)13-10(16)9-8-5-3-4-6-15(8)12(14-9)19-2/h3-7H,1-2H3,(H,13,16)(H,17,18). The summed E-state index contributed by atoms with van der Waals surface area (Å²) in [5.74, 6) is -1.57. The molecule has 0 saturated carbocycles. The van der Waals surface area contributed by atoms with Crippen LogP contribution in [0.15, 0.2) is 29.6 Å². The number of pyridine rings is 1. The average molecular weight is 279 g/mol. The Balaban J connectivity index is 2.40. The molecule has 1 atom stereocenters. The van der Waals surface area contributed by atoms with Gasteiger partial charge in [0.05, 0.1) is 5.52 Å². The van der Waals surface area contributed by atoms with Crippen molar-refractivity contribution in [3.05, 3.63) is 30.1 Å². The lowest BCUT2D eigenvalue weighted by atomic mass is 10.3. The fourth-order valence-electron chi connectivity index (χ4n) is 1.65. The van der Waals surface area contributed by atoms with Crippen molar-refractivity contribution in [1.82, 2.24) is 14.7 Å². The number of carboxylic acid groups (broad SMARTS) is 1. The van der Waals surface area contributed by atoms with E-state index in [1.807, 2.05) is 18.5 Å². The minimum Gasteiger partial charge on any atom is -0.480 e. The van der Waals surface area contributed by atoms with Crippen LogP contribution in [0.3, 0.4) is 0 Å². The number of imidazole rings is 1. The fourth-order valence-corrected chi connectivity index (χ4v) is 2.19. The summed E-state index contributed by atoms with van der Waals surface area (Å²) in [6.07, 6.45) is 3.68. The zero-order chi connectivity index (χ0) is 14.0. The molecule has 1 amide bonds. The number of hydrogen-bond donors (Lipinski definition) is 2. The van der Waals surface area contributed by atoms with Gasteiger partial charge in [-0.15, -0.1) is 0 Å². The minimum atomic E-state index is -1.08. The van der Waals surface area contributed by atoms with Crippen molar-refractivity contribution < 1.29 is 14.7 Å². The van der Waals surface area contributed by atoms with Crippen LogP contribution in [0.4, 0.5) is 0 Å². The van der Waals surface area contributed by atoms with E-state index < -0.39 is 17.9 Å². The maximum atomic E-state index is 12.0. The predicted molar refractivity (Wildman–Crippen MR) is 71.5 cm³/mol. The summed E-state index contributed by atoms with van der Waals surface area (Å²) in [5.41, 5.74) is 0.889. The number of hydrogen-bond acceptors (Lipinski definition) is 4. The Morgan fingerprint density at radius 1 is 1.47 bits per heavy atom. The van der Waals surface area contributed by atoms with Crippen molar-refractivity contribution in [3.8, 4) is 0 Å². The Kier molecular flexibility index (Phi) is 3.75. The highest BCUT2D eigenvalue weighted by molar-refractivity contribution is 7.98. The maximum Gasteiger partial charge on any atom is 0.325 e. The molecule has 0 fully saturated rings. The summed E-state index contributed by atoms with van der Waals surface area (Å²) < 4.78 is 1.80. The third-order valence-corrected chi connectivity index (χ3v) is 3.28. The van der Waals surface area contributed by atoms with E-state index in [0.29, 0.717) is 10.7 Å². The van der Waals surface area contributed by atoms with Gasteiger partial charge in [-0.3, -0.25) is 14.0 Å². The molecular weight excluding hydrogens is 266 g/mol. The van der Waals surface area contributed by atoms with Crippen molar-refractivity contribution in [2.24, 2.45) is 0 Å². The van der Waals surface area contributed by atoms with E-state index in [-0.39, 0.29) is 5.69 Å². The molecule has 7 heteroatoms. The number of rotatable bonds is 4. The average Bonchev–Trinajstić information content (AvgIpc) is 2.77. The summed E-state index contributed by atoms with van der Waals surface area (Å²) in [7, 11) is 0. The molecule has 0 aliphatic carbocycles.